The third-order valence-electron chi connectivity index (χ3n) is 4.08. The lowest BCUT2D eigenvalue weighted by molar-refractivity contribution is 0.684. The average molecular weight is 352 g/mol. The van der Waals surface area contributed by atoms with Gasteiger partial charge < -0.3 is 10.6 Å². The van der Waals surface area contributed by atoms with Crippen LogP contribution in [-0.2, 0) is 20.1 Å². The number of nitrogens with zero attached hydrogens (tertiary/aromatic N) is 6. The average Bonchev–Trinajstić information content (AvgIpc) is 3.20. The summed E-state index contributed by atoms with van der Waals surface area (Å²) in [4.78, 5) is 8.76. The third-order valence-corrected chi connectivity index (χ3v) is 4.08. The highest BCUT2D eigenvalue weighted by Gasteiger charge is 2.06. The summed E-state index contributed by atoms with van der Waals surface area (Å²) in [6, 6.07) is 8.03. The molecule has 136 valence electrons. The lowest BCUT2D eigenvalue weighted by atomic mass is 10.3. The van der Waals surface area contributed by atoms with Gasteiger partial charge in [-0.3, -0.25) is 9.67 Å². The van der Waals surface area contributed by atoms with Crippen LogP contribution in [0.2, 0.25) is 0 Å². The molecular formula is C18H24N8. The van der Waals surface area contributed by atoms with Gasteiger partial charge in [0.15, 0.2) is 11.8 Å². The fourth-order valence-corrected chi connectivity index (χ4v) is 2.66. The van der Waals surface area contributed by atoms with Gasteiger partial charge in [0.1, 0.15) is 0 Å². The molecule has 3 rings (SSSR count). The van der Waals surface area contributed by atoms with E-state index in [4.69, 9.17) is 0 Å². The second-order valence-electron chi connectivity index (χ2n) is 6.09. The van der Waals surface area contributed by atoms with E-state index in [1.165, 1.54) is 0 Å². The lowest BCUT2D eigenvalue weighted by Gasteiger charge is -2.12. The number of rotatable bonds is 5. The smallest absolute Gasteiger partial charge is 0.191 e. The molecule has 26 heavy (non-hydrogen) atoms. The standard InChI is InChI=1S/C18H24N8/c1-13-9-14(2)26(24-13)17-6-5-15(10-20-17)11-21-18(19-3)22-12-16-7-8-23-25(16)4/h5-10H,11-12H2,1-4H3,(H2,19,21,22). The first-order chi connectivity index (χ1) is 12.6. The Morgan fingerprint density at radius 1 is 1.15 bits per heavy atom. The molecule has 0 amide bonds. The molecule has 0 fully saturated rings. The van der Waals surface area contributed by atoms with Crippen LogP contribution >= 0.6 is 0 Å². The van der Waals surface area contributed by atoms with Gasteiger partial charge in [0.25, 0.3) is 0 Å². The van der Waals surface area contributed by atoms with E-state index < -0.39 is 0 Å². The second-order valence-corrected chi connectivity index (χ2v) is 6.09. The quantitative estimate of drug-likeness (QED) is 0.537. The van der Waals surface area contributed by atoms with Crippen LogP contribution < -0.4 is 10.6 Å². The van der Waals surface area contributed by atoms with Crippen molar-refractivity contribution in [2.75, 3.05) is 7.05 Å². The first-order valence-corrected chi connectivity index (χ1v) is 8.47. The zero-order valence-electron chi connectivity index (χ0n) is 15.6. The number of guanidine groups is 1. The summed E-state index contributed by atoms with van der Waals surface area (Å²) in [5.74, 6) is 1.55. The number of aryl methyl sites for hydroxylation is 3. The first kappa shape index (κ1) is 17.7. The molecule has 0 aliphatic rings. The van der Waals surface area contributed by atoms with Crippen molar-refractivity contribution in [3.63, 3.8) is 0 Å². The summed E-state index contributed by atoms with van der Waals surface area (Å²) in [6.45, 7) is 5.29. The van der Waals surface area contributed by atoms with E-state index in [2.05, 4.69) is 30.8 Å². The van der Waals surface area contributed by atoms with Gasteiger partial charge in [0.05, 0.1) is 17.9 Å². The van der Waals surface area contributed by atoms with Crippen LogP contribution in [0.1, 0.15) is 22.6 Å². The van der Waals surface area contributed by atoms with Gasteiger partial charge in [-0.25, -0.2) is 9.67 Å². The predicted octanol–water partition coefficient (Wildman–Crippen LogP) is 1.48. The number of hydrogen-bond donors (Lipinski definition) is 2. The van der Waals surface area contributed by atoms with Crippen LogP contribution in [0.5, 0.6) is 0 Å². The Morgan fingerprint density at radius 2 is 1.96 bits per heavy atom. The van der Waals surface area contributed by atoms with Crippen molar-refractivity contribution < 1.29 is 0 Å². The molecule has 0 aliphatic carbocycles. The monoisotopic (exact) mass is 352 g/mol. The van der Waals surface area contributed by atoms with E-state index >= 15 is 0 Å². The van der Waals surface area contributed by atoms with Crippen LogP contribution in [0.4, 0.5) is 0 Å². The van der Waals surface area contributed by atoms with Crippen molar-refractivity contribution >= 4 is 5.96 Å². The van der Waals surface area contributed by atoms with Crippen molar-refractivity contribution in [2.24, 2.45) is 12.0 Å². The maximum absolute atomic E-state index is 4.51. The van der Waals surface area contributed by atoms with Crippen LogP contribution in [0.15, 0.2) is 41.7 Å². The van der Waals surface area contributed by atoms with E-state index in [9.17, 15) is 0 Å². The summed E-state index contributed by atoms with van der Waals surface area (Å²) in [5.41, 5.74) is 4.21. The van der Waals surface area contributed by atoms with E-state index in [0.29, 0.717) is 13.1 Å². The predicted molar refractivity (Wildman–Crippen MR) is 101 cm³/mol. The van der Waals surface area contributed by atoms with Gasteiger partial charge >= 0.3 is 0 Å². The molecule has 8 nitrogen and oxygen atoms in total. The molecule has 0 unspecified atom stereocenters. The van der Waals surface area contributed by atoms with Gasteiger partial charge in [-0.05, 0) is 37.6 Å². The van der Waals surface area contributed by atoms with Gasteiger partial charge in [0.2, 0.25) is 0 Å². The Morgan fingerprint density at radius 3 is 2.54 bits per heavy atom. The van der Waals surface area contributed by atoms with Crippen LogP contribution in [0.3, 0.4) is 0 Å². The summed E-state index contributed by atoms with van der Waals surface area (Å²) in [6.07, 6.45) is 3.64. The fourth-order valence-electron chi connectivity index (χ4n) is 2.66. The third kappa shape index (κ3) is 4.08. The van der Waals surface area contributed by atoms with Crippen molar-refractivity contribution in [2.45, 2.75) is 26.9 Å². The molecule has 3 heterocycles. The van der Waals surface area contributed by atoms with Crippen LogP contribution in [0.25, 0.3) is 5.82 Å². The zero-order chi connectivity index (χ0) is 18.5. The zero-order valence-corrected chi connectivity index (χ0v) is 15.6. The number of pyridine rings is 1. The molecule has 0 bridgehead atoms. The molecule has 0 atom stereocenters. The Labute approximate surface area is 153 Å². The van der Waals surface area contributed by atoms with Gasteiger partial charge in [0, 0.05) is 38.7 Å². The van der Waals surface area contributed by atoms with E-state index in [1.807, 2.05) is 60.7 Å². The number of hydrogen-bond acceptors (Lipinski definition) is 4. The largest absolute Gasteiger partial charge is 0.352 e. The molecule has 0 spiro atoms. The second kappa shape index (κ2) is 7.81. The Kier molecular flexibility index (Phi) is 5.31. The van der Waals surface area contributed by atoms with Crippen molar-refractivity contribution in [3.8, 4) is 5.82 Å². The summed E-state index contributed by atoms with van der Waals surface area (Å²) in [7, 11) is 3.67. The Balaban J connectivity index is 1.57. The topological polar surface area (TPSA) is 84.9 Å². The summed E-state index contributed by atoms with van der Waals surface area (Å²) < 4.78 is 3.68. The van der Waals surface area contributed by atoms with Crippen molar-refractivity contribution in [3.05, 3.63) is 59.3 Å². The van der Waals surface area contributed by atoms with Gasteiger partial charge in [-0.1, -0.05) is 6.07 Å². The molecule has 0 aliphatic heterocycles. The molecule has 8 heteroatoms. The minimum absolute atomic E-state index is 0.634. The van der Waals surface area contributed by atoms with E-state index in [-0.39, 0.29) is 0 Å². The molecule has 2 N–H and O–H groups in total. The van der Waals surface area contributed by atoms with Gasteiger partial charge in [-0.15, -0.1) is 0 Å². The molecular weight excluding hydrogens is 328 g/mol. The number of aliphatic imine (C=N–C) groups is 1. The molecule has 0 saturated carbocycles. The maximum atomic E-state index is 4.51. The highest BCUT2D eigenvalue weighted by Crippen LogP contribution is 2.10. The molecule has 0 saturated heterocycles. The SMILES string of the molecule is CN=C(NCc1ccc(-n2nc(C)cc2C)nc1)NCc1ccnn1C. The minimum atomic E-state index is 0.634. The Bertz CT molecular complexity index is 888. The molecule has 0 aromatic carbocycles. The highest BCUT2D eigenvalue weighted by atomic mass is 15.3. The minimum Gasteiger partial charge on any atom is -0.352 e. The highest BCUT2D eigenvalue weighted by molar-refractivity contribution is 5.79. The normalized spacial score (nSPS) is 11.6. The molecule has 3 aromatic rings. The summed E-state index contributed by atoms with van der Waals surface area (Å²) >= 11 is 0. The molecule has 3 aromatic heterocycles. The van der Waals surface area contributed by atoms with Gasteiger partial charge in [-0.2, -0.15) is 10.2 Å². The molecule has 0 radical (unpaired) electrons. The number of aromatic nitrogens is 5. The number of nitrogens with one attached hydrogen (secondary N) is 2. The fraction of sp³-hybridized carbons (Fsp3) is 0.333. The Hall–Kier alpha value is -3.16. The lowest BCUT2D eigenvalue weighted by Crippen LogP contribution is -2.36. The van der Waals surface area contributed by atoms with E-state index in [0.717, 1.165) is 34.4 Å². The maximum Gasteiger partial charge on any atom is 0.191 e. The van der Waals surface area contributed by atoms with Crippen molar-refractivity contribution in [1.82, 2.24) is 35.2 Å². The van der Waals surface area contributed by atoms with Crippen molar-refractivity contribution in [1.29, 1.82) is 0 Å². The van der Waals surface area contributed by atoms with E-state index in [1.54, 1.807) is 13.2 Å². The summed E-state index contributed by atoms with van der Waals surface area (Å²) in [5, 5.41) is 15.2. The van der Waals surface area contributed by atoms with Crippen LogP contribution in [-0.4, -0.2) is 37.6 Å². The van der Waals surface area contributed by atoms with Crippen LogP contribution in [0, 0.1) is 13.8 Å². The first-order valence-electron chi connectivity index (χ1n) is 8.47.